The van der Waals surface area contributed by atoms with Crippen molar-refractivity contribution in [1.82, 2.24) is 9.55 Å². The van der Waals surface area contributed by atoms with E-state index in [-0.39, 0.29) is 11.0 Å². The number of pyridine rings is 2. The van der Waals surface area contributed by atoms with E-state index >= 15 is 0 Å². The highest BCUT2D eigenvalue weighted by molar-refractivity contribution is 5.87. The minimum absolute atomic E-state index is 0.0540. The highest BCUT2D eigenvalue weighted by Gasteiger charge is 2.14. The second-order valence-electron chi connectivity index (χ2n) is 7.25. The molecule has 5 nitrogen and oxygen atoms in total. The minimum Gasteiger partial charge on any atom is -0.478 e. The molecule has 0 bridgehead atoms. The molecule has 5 heteroatoms. The molecule has 31 heavy (non-hydrogen) atoms. The molecule has 0 amide bonds. The Morgan fingerprint density at radius 1 is 1.03 bits per heavy atom. The van der Waals surface area contributed by atoms with E-state index in [1.54, 1.807) is 36.7 Å². The number of aromatic carboxylic acids is 1. The van der Waals surface area contributed by atoms with Gasteiger partial charge in [0.25, 0.3) is 0 Å². The molecule has 0 atom stereocenters. The monoisotopic (exact) mass is 408 g/mol. The van der Waals surface area contributed by atoms with Crippen molar-refractivity contribution in [2.75, 3.05) is 0 Å². The number of hydrogen-bond acceptors (Lipinski definition) is 3. The Balaban J connectivity index is 1.80. The summed E-state index contributed by atoms with van der Waals surface area (Å²) in [5.74, 6) is 5.40. The van der Waals surface area contributed by atoms with Crippen molar-refractivity contribution < 1.29 is 9.90 Å². The van der Waals surface area contributed by atoms with Crippen LogP contribution in [0.5, 0.6) is 0 Å². The number of para-hydroxylation sites is 1. The van der Waals surface area contributed by atoms with Crippen LogP contribution in [0.15, 0.2) is 77.9 Å². The molecule has 0 unspecified atom stereocenters. The number of aryl methyl sites for hydroxylation is 1. The molecule has 0 spiro atoms. The third kappa shape index (κ3) is 4.24. The second-order valence-corrected chi connectivity index (χ2v) is 7.25. The zero-order valence-corrected chi connectivity index (χ0v) is 17.0. The van der Waals surface area contributed by atoms with E-state index in [0.29, 0.717) is 29.5 Å². The van der Waals surface area contributed by atoms with Gasteiger partial charge in [-0.3, -0.25) is 9.78 Å². The van der Waals surface area contributed by atoms with Crippen molar-refractivity contribution in [1.29, 1.82) is 0 Å². The molecule has 0 saturated heterocycles. The van der Waals surface area contributed by atoms with Gasteiger partial charge in [0.1, 0.15) is 0 Å². The molecule has 4 aromatic rings. The molecule has 152 valence electrons. The van der Waals surface area contributed by atoms with Gasteiger partial charge in [-0.05, 0) is 47.4 Å². The van der Waals surface area contributed by atoms with Crippen LogP contribution >= 0.6 is 0 Å². The largest absolute Gasteiger partial charge is 0.478 e. The normalized spacial score (nSPS) is 10.5. The third-order valence-electron chi connectivity index (χ3n) is 5.21. The number of benzene rings is 2. The first-order chi connectivity index (χ1) is 15.0. The fourth-order valence-electron chi connectivity index (χ4n) is 3.58. The summed E-state index contributed by atoms with van der Waals surface area (Å²) in [5.41, 5.74) is 4.11. The van der Waals surface area contributed by atoms with Gasteiger partial charge < -0.3 is 9.67 Å². The summed E-state index contributed by atoms with van der Waals surface area (Å²) < 4.78 is 1.95. The molecule has 0 saturated carbocycles. The van der Waals surface area contributed by atoms with Crippen LogP contribution in [0.2, 0.25) is 0 Å². The van der Waals surface area contributed by atoms with Crippen molar-refractivity contribution in [3.8, 4) is 11.8 Å². The Hall–Kier alpha value is -4.17. The van der Waals surface area contributed by atoms with Crippen molar-refractivity contribution >= 4 is 16.9 Å². The highest BCUT2D eigenvalue weighted by Crippen LogP contribution is 2.18. The lowest BCUT2D eigenvalue weighted by Crippen LogP contribution is -2.18. The van der Waals surface area contributed by atoms with Gasteiger partial charge in [0.05, 0.1) is 16.8 Å². The quantitative estimate of drug-likeness (QED) is 0.521. The Labute approximate surface area is 179 Å². The molecule has 0 aliphatic rings. The number of carboxylic acids is 1. The first-order valence-electron chi connectivity index (χ1n) is 9.85. The molecule has 1 N–H and O–H groups in total. The van der Waals surface area contributed by atoms with Crippen LogP contribution < -0.4 is 5.43 Å². The average Bonchev–Trinajstić information content (AvgIpc) is 2.80. The van der Waals surface area contributed by atoms with E-state index < -0.39 is 5.97 Å². The van der Waals surface area contributed by atoms with Crippen molar-refractivity contribution in [3.63, 3.8) is 0 Å². The predicted octanol–water partition coefficient (Wildman–Crippen LogP) is 3.82. The molecule has 0 aliphatic heterocycles. The van der Waals surface area contributed by atoms with E-state index in [2.05, 4.69) is 16.8 Å². The van der Waals surface area contributed by atoms with Crippen molar-refractivity contribution in [2.24, 2.45) is 7.05 Å². The zero-order chi connectivity index (χ0) is 21.8. The van der Waals surface area contributed by atoms with Gasteiger partial charge in [-0.25, -0.2) is 4.79 Å². The molecule has 2 heterocycles. The van der Waals surface area contributed by atoms with Gasteiger partial charge in [-0.1, -0.05) is 36.3 Å². The molecule has 2 aromatic carbocycles. The summed E-state index contributed by atoms with van der Waals surface area (Å²) in [6.07, 6.45) is 4.40. The third-order valence-corrected chi connectivity index (χ3v) is 5.21. The van der Waals surface area contributed by atoms with Gasteiger partial charge in [0.2, 0.25) is 0 Å². The maximum Gasteiger partial charge on any atom is 0.335 e. The fourth-order valence-corrected chi connectivity index (χ4v) is 3.58. The van der Waals surface area contributed by atoms with Crippen molar-refractivity contribution in [3.05, 3.63) is 111 Å². The Morgan fingerprint density at radius 3 is 2.52 bits per heavy atom. The average molecular weight is 408 g/mol. The van der Waals surface area contributed by atoms with E-state index in [9.17, 15) is 9.59 Å². The fraction of sp³-hybridized carbons (Fsp3) is 0.115. The van der Waals surface area contributed by atoms with Gasteiger partial charge in [0, 0.05) is 43.2 Å². The Morgan fingerprint density at radius 2 is 1.81 bits per heavy atom. The summed E-state index contributed by atoms with van der Waals surface area (Å²) in [6, 6.07) is 17.9. The number of rotatable bonds is 4. The summed E-state index contributed by atoms with van der Waals surface area (Å²) in [7, 11) is 1.91. The number of fused-ring (bicyclic) bond motifs is 1. The minimum atomic E-state index is -0.977. The smallest absolute Gasteiger partial charge is 0.335 e. The highest BCUT2D eigenvalue weighted by atomic mass is 16.4. The van der Waals surface area contributed by atoms with Crippen LogP contribution in [0.1, 0.15) is 32.7 Å². The number of aromatic nitrogens is 2. The summed E-state index contributed by atoms with van der Waals surface area (Å²) in [5, 5.41) is 9.76. The molecule has 0 fully saturated rings. The SMILES string of the molecule is Cn1c(C#CCc2cccnc2)c(Cc2ccc(C(=O)O)cc2)c(=O)c2ccccc21. The summed E-state index contributed by atoms with van der Waals surface area (Å²) in [4.78, 5) is 28.6. The van der Waals surface area contributed by atoms with Crippen LogP contribution in [-0.4, -0.2) is 20.6 Å². The topological polar surface area (TPSA) is 72.2 Å². The predicted molar refractivity (Wildman–Crippen MR) is 120 cm³/mol. The van der Waals surface area contributed by atoms with Crippen LogP contribution in [0.4, 0.5) is 0 Å². The van der Waals surface area contributed by atoms with Gasteiger partial charge in [-0.2, -0.15) is 0 Å². The Kier molecular flexibility index (Phi) is 5.63. The lowest BCUT2D eigenvalue weighted by molar-refractivity contribution is 0.0697. The van der Waals surface area contributed by atoms with E-state index in [0.717, 1.165) is 16.6 Å². The standard InChI is InChI=1S/C26H20N2O3/c1-28-23-9-3-2-8-21(23)25(29)22(16-18-11-13-20(14-12-18)26(30)31)24(28)10-4-6-19-7-5-15-27-17-19/h2-3,5,7-9,11-15,17H,6,16H2,1H3,(H,30,31). The molecular weight excluding hydrogens is 388 g/mol. The lowest BCUT2D eigenvalue weighted by Gasteiger charge is -2.14. The lowest BCUT2D eigenvalue weighted by atomic mass is 9.99. The number of nitrogens with zero attached hydrogens (tertiary/aromatic N) is 2. The number of hydrogen-bond donors (Lipinski definition) is 1. The molecule has 0 aliphatic carbocycles. The number of carboxylic acid groups (broad SMARTS) is 1. The molecular formula is C26H20N2O3. The molecule has 2 aromatic heterocycles. The molecule has 0 radical (unpaired) electrons. The summed E-state index contributed by atoms with van der Waals surface area (Å²) in [6.45, 7) is 0. The van der Waals surface area contributed by atoms with Crippen LogP contribution in [-0.2, 0) is 19.9 Å². The first kappa shape index (κ1) is 20.1. The maximum atomic E-state index is 13.3. The van der Waals surface area contributed by atoms with E-state index in [1.807, 2.05) is 48.0 Å². The zero-order valence-electron chi connectivity index (χ0n) is 17.0. The van der Waals surface area contributed by atoms with Gasteiger partial charge in [-0.15, -0.1) is 0 Å². The van der Waals surface area contributed by atoms with Crippen LogP contribution in [0.3, 0.4) is 0 Å². The Bertz CT molecular complexity index is 1380. The second kappa shape index (κ2) is 8.68. The van der Waals surface area contributed by atoms with Crippen LogP contribution in [0, 0.1) is 11.8 Å². The van der Waals surface area contributed by atoms with Gasteiger partial charge in [0.15, 0.2) is 5.43 Å². The molecule has 4 rings (SSSR count). The summed E-state index contributed by atoms with van der Waals surface area (Å²) >= 11 is 0. The van der Waals surface area contributed by atoms with Gasteiger partial charge >= 0.3 is 5.97 Å². The van der Waals surface area contributed by atoms with E-state index in [1.165, 1.54) is 0 Å². The van der Waals surface area contributed by atoms with E-state index in [4.69, 9.17) is 5.11 Å². The maximum absolute atomic E-state index is 13.3. The van der Waals surface area contributed by atoms with Crippen molar-refractivity contribution in [2.45, 2.75) is 12.8 Å². The number of carbonyl (C=O) groups is 1. The van der Waals surface area contributed by atoms with Crippen LogP contribution in [0.25, 0.3) is 10.9 Å². The first-order valence-corrected chi connectivity index (χ1v) is 9.85.